The van der Waals surface area contributed by atoms with Crippen LogP contribution in [-0.4, -0.2) is 87.0 Å². The number of non-ortho nitro benzene ring substituents is 2. The van der Waals surface area contributed by atoms with Gasteiger partial charge in [0.25, 0.3) is 11.4 Å². The molecular weight excluding hydrogens is 588 g/mol. The SMILES string of the molecule is NC(=O)C1C(C(=O)N2CCNCC2)N(C(=O)OCc2ccc([N+](=O)[O-])cc2)CC1(S)C(=O)OCc1ccc([N+](=O)[O-])cc1. The molecule has 0 bridgehead atoms. The molecule has 0 aliphatic carbocycles. The molecule has 0 radical (unpaired) electrons. The zero-order valence-corrected chi connectivity index (χ0v) is 23.5. The minimum Gasteiger partial charge on any atom is -0.460 e. The van der Waals surface area contributed by atoms with Crippen molar-refractivity contribution in [2.75, 3.05) is 32.7 Å². The number of piperazine rings is 1. The van der Waals surface area contributed by atoms with Gasteiger partial charge in [0.1, 0.15) is 24.0 Å². The third-order valence-electron chi connectivity index (χ3n) is 7.18. The van der Waals surface area contributed by atoms with Crippen molar-refractivity contribution in [3.8, 4) is 0 Å². The third kappa shape index (κ3) is 6.83. The highest BCUT2D eigenvalue weighted by Crippen LogP contribution is 2.41. The maximum atomic E-state index is 13.7. The number of benzene rings is 2. The zero-order valence-electron chi connectivity index (χ0n) is 22.6. The van der Waals surface area contributed by atoms with Gasteiger partial charge in [0, 0.05) is 50.4 Å². The quantitative estimate of drug-likeness (QED) is 0.155. The molecular formula is C26H28N6O10S. The Labute approximate surface area is 249 Å². The molecule has 0 saturated carbocycles. The molecule has 2 aromatic carbocycles. The molecule has 3 amide bonds. The molecule has 17 heteroatoms. The summed E-state index contributed by atoms with van der Waals surface area (Å²) in [5.41, 5.74) is 6.20. The third-order valence-corrected chi connectivity index (χ3v) is 7.78. The molecule has 43 heavy (non-hydrogen) atoms. The molecule has 2 heterocycles. The van der Waals surface area contributed by atoms with E-state index in [0.717, 1.165) is 4.90 Å². The van der Waals surface area contributed by atoms with Gasteiger partial charge in [0.2, 0.25) is 11.8 Å². The molecule has 0 aromatic heterocycles. The van der Waals surface area contributed by atoms with E-state index in [1.807, 2.05) is 0 Å². The topological polar surface area (TPSA) is 218 Å². The van der Waals surface area contributed by atoms with Crippen LogP contribution in [0.2, 0.25) is 0 Å². The summed E-state index contributed by atoms with van der Waals surface area (Å²) < 4.78 is 8.73. The number of carbonyl (C=O) groups is 4. The van der Waals surface area contributed by atoms with Crippen molar-refractivity contribution >= 4 is 47.9 Å². The van der Waals surface area contributed by atoms with E-state index >= 15 is 0 Å². The summed E-state index contributed by atoms with van der Waals surface area (Å²) in [6.07, 6.45) is -1.04. The molecule has 3 unspecified atom stereocenters. The van der Waals surface area contributed by atoms with E-state index in [-0.39, 0.29) is 37.7 Å². The minimum atomic E-state index is -2.05. The molecule has 4 rings (SSSR count). The normalized spacial score (nSPS) is 21.6. The lowest BCUT2D eigenvalue weighted by molar-refractivity contribution is -0.385. The number of nitro groups is 2. The monoisotopic (exact) mass is 616 g/mol. The van der Waals surface area contributed by atoms with Crippen LogP contribution in [0.25, 0.3) is 0 Å². The molecule has 0 spiro atoms. The first-order chi connectivity index (χ1) is 20.4. The van der Waals surface area contributed by atoms with Gasteiger partial charge in [-0.3, -0.25) is 39.5 Å². The fourth-order valence-corrected chi connectivity index (χ4v) is 5.42. The number of hydrogen-bond donors (Lipinski definition) is 3. The summed E-state index contributed by atoms with van der Waals surface area (Å²) in [6, 6.07) is 8.94. The van der Waals surface area contributed by atoms with Gasteiger partial charge >= 0.3 is 12.1 Å². The Bertz CT molecular complexity index is 1420. The smallest absolute Gasteiger partial charge is 0.410 e. The number of carbonyl (C=O) groups excluding carboxylic acids is 4. The first kappa shape index (κ1) is 31.2. The first-order valence-corrected chi connectivity index (χ1v) is 13.5. The predicted molar refractivity (Wildman–Crippen MR) is 151 cm³/mol. The summed E-state index contributed by atoms with van der Waals surface area (Å²) in [5, 5.41) is 24.9. The molecule has 228 valence electrons. The standard InChI is InChI=1S/C26H28N6O10S/c27-22(33)20-21(23(34)29-11-9-28-10-12-29)30(25(36)42-14-17-3-7-19(8-4-17)32(39)40)15-26(20,43)24(35)41-13-16-1-5-18(6-2-16)31(37)38/h1-8,20-21,28,43H,9-15H2,(H2,27,33). The van der Waals surface area contributed by atoms with Gasteiger partial charge in [-0.2, -0.15) is 12.6 Å². The highest BCUT2D eigenvalue weighted by atomic mass is 32.1. The first-order valence-electron chi connectivity index (χ1n) is 13.0. The van der Waals surface area contributed by atoms with E-state index in [4.69, 9.17) is 15.2 Å². The number of primary amides is 1. The van der Waals surface area contributed by atoms with Gasteiger partial charge in [-0.25, -0.2) is 4.79 Å². The van der Waals surface area contributed by atoms with Crippen LogP contribution in [0.3, 0.4) is 0 Å². The second-order valence-corrected chi connectivity index (χ2v) is 10.7. The van der Waals surface area contributed by atoms with E-state index in [2.05, 4.69) is 17.9 Å². The van der Waals surface area contributed by atoms with Gasteiger partial charge in [0.05, 0.1) is 22.3 Å². The highest BCUT2D eigenvalue weighted by molar-refractivity contribution is 7.82. The zero-order chi connectivity index (χ0) is 31.3. The Balaban J connectivity index is 1.57. The Kier molecular flexibility index (Phi) is 9.45. The molecule has 2 saturated heterocycles. The number of amides is 3. The molecule has 2 aromatic rings. The predicted octanol–water partition coefficient (Wildman–Crippen LogP) is 0.769. The number of thiol groups is 1. The maximum Gasteiger partial charge on any atom is 0.410 e. The summed E-state index contributed by atoms with van der Waals surface area (Å²) in [5.74, 6) is -4.34. The van der Waals surface area contributed by atoms with Crippen LogP contribution in [0.1, 0.15) is 11.1 Å². The van der Waals surface area contributed by atoms with Crippen molar-refractivity contribution in [1.29, 1.82) is 0 Å². The minimum absolute atomic E-state index is 0.160. The van der Waals surface area contributed by atoms with E-state index in [1.165, 1.54) is 53.4 Å². The van der Waals surface area contributed by atoms with Crippen molar-refractivity contribution in [2.45, 2.75) is 24.0 Å². The molecule has 16 nitrogen and oxygen atoms in total. The fourth-order valence-electron chi connectivity index (χ4n) is 4.94. The maximum absolute atomic E-state index is 13.7. The number of likely N-dealkylation sites (tertiary alicyclic amines) is 1. The summed E-state index contributed by atoms with van der Waals surface area (Å²) in [4.78, 5) is 76.3. The van der Waals surface area contributed by atoms with Crippen molar-refractivity contribution in [2.24, 2.45) is 11.7 Å². The summed E-state index contributed by atoms with van der Waals surface area (Å²) in [7, 11) is 0. The van der Waals surface area contributed by atoms with Gasteiger partial charge in [0.15, 0.2) is 0 Å². The number of nitrogens with two attached hydrogens (primary N) is 1. The molecule has 3 atom stereocenters. The van der Waals surface area contributed by atoms with E-state index in [1.54, 1.807) is 0 Å². The lowest BCUT2D eigenvalue weighted by Gasteiger charge is -2.34. The number of nitrogens with zero attached hydrogens (tertiary/aromatic N) is 4. The molecule has 3 N–H and O–H groups in total. The van der Waals surface area contributed by atoms with Crippen LogP contribution in [-0.2, 0) is 37.1 Å². The Hall–Kier alpha value is -4.77. The number of esters is 1. The van der Waals surface area contributed by atoms with Gasteiger partial charge in [-0.05, 0) is 35.4 Å². The van der Waals surface area contributed by atoms with Crippen molar-refractivity contribution < 1.29 is 38.5 Å². The van der Waals surface area contributed by atoms with Crippen molar-refractivity contribution in [1.82, 2.24) is 15.1 Å². The highest BCUT2D eigenvalue weighted by Gasteiger charge is 2.63. The van der Waals surface area contributed by atoms with Gasteiger partial charge < -0.3 is 25.4 Å². The number of nitro benzene ring substituents is 2. The number of hydrogen-bond acceptors (Lipinski definition) is 12. The van der Waals surface area contributed by atoms with Crippen LogP contribution >= 0.6 is 12.6 Å². The Morgan fingerprint density at radius 3 is 1.86 bits per heavy atom. The number of ether oxygens (including phenoxy) is 2. The molecule has 2 fully saturated rings. The summed E-state index contributed by atoms with van der Waals surface area (Å²) >= 11 is 4.48. The van der Waals surface area contributed by atoms with Crippen LogP contribution in [0.15, 0.2) is 48.5 Å². The number of rotatable bonds is 9. The fraction of sp³-hybridized carbons (Fsp3) is 0.385. The summed E-state index contributed by atoms with van der Waals surface area (Å²) in [6.45, 7) is 0.248. The van der Waals surface area contributed by atoms with Crippen molar-refractivity contribution in [3.05, 3.63) is 79.9 Å². The Morgan fingerprint density at radius 1 is 0.907 bits per heavy atom. The average molecular weight is 617 g/mol. The molecule has 2 aliphatic heterocycles. The second kappa shape index (κ2) is 13.0. The average Bonchev–Trinajstić information content (AvgIpc) is 3.33. The second-order valence-electron chi connectivity index (χ2n) is 9.93. The largest absolute Gasteiger partial charge is 0.460 e. The van der Waals surface area contributed by atoms with Crippen LogP contribution in [0.5, 0.6) is 0 Å². The lowest BCUT2D eigenvalue weighted by Crippen LogP contribution is -2.57. The number of nitrogens with one attached hydrogen (secondary N) is 1. The van der Waals surface area contributed by atoms with E-state index in [9.17, 15) is 39.4 Å². The van der Waals surface area contributed by atoms with Gasteiger partial charge in [-0.15, -0.1) is 0 Å². The van der Waals surface area contributed by atoms with Crippen molar-refractivity contribution in [3.63, 3.8) is 0 Å². The lowest BCUT2D eigenvalue weighted by atomic mass is 9.88. The molecule has 2 aliphatic rings. The van der Waals surface area contributed by atoms with E-state index < -0.39 is 57.0 Å². The van der Waals surface area contributed by atoms with Crippen LogP contribution in [0.4, 0.5) is 16.2 Å². The van der Waals surface area contributed by atoms with Crippen LogP contribution in [0, 0.1) is 26.1 Å². The van der Waals surface area contributed by atoms with E-state index in [0.29, 0.717) is 24.2 Å². The van der Waals surface area contributed by atoms with Gasteiger partial charge in [-0.1, -0.05) is 0 Å². The van der Waals surface area contributed by atoms with Crippen LogP contribution < -0.4 is 11.1 Å². The Morgan fingerprint density at radius 2 is 1.40 bits per heavy atom.